The average Bonchev–Trinajstić information content (AvgIpc) is 0.765. The lowest BCUT2D eigenvalue weighted by Gasteiger charge is -2.38. The molecule has 0 unspecified atom stereocenters. The Kier molecular flexibility index (Phi) is 33.1. The van der Waals surface area contributed by atoms with Crippen LogP contribution in [0.25, 0.3) is 88.4 Å². The second kappa shape index (κ2) is 44.9. The van der Waals surface area contributed by atoms with E-state index in [1.807, 2.05) is 0 Å². The molecule has 0 radical (unpaired) electrons. The minimum absolute atomic E-state index is 0.421. The van der Waals surface area contributed by atoms with Crippen LogP contribution in [-0.2, 0) is 28.2 Å². The first-order valence-electron chi connectivity index (χ1n) is 49.4. The van der Waals surface area contributed by atoms with Crippen LogP contribution >= 0.6 is 0 Å². The molecule has 0 saturated heterocycles. The topological polar surface area (TPSA) is 41.4 Å². The van der Waals surface area contributed by atoms with E-state index in [-0.39, 0.29) is 0 Å². The summed E-state index contributed by atoms with van der Waals surface area (Å²) >= 11 is 0. The molecule has 0 atom stereocenters. The maximum absolute atomic E-state index is 2.64. The molecule has 16 rings (SSSR count). The first-order valence-corrected chi connectivity index (χ1v) is 49.4. The molecule has 0 aliphatic heterocycles. The normalized spacial score (nSPS) is 11.4. The Bertz CT molecular complexity index is 6600. The van der Waals surface area contributed by atoms with Gasteiger partial charge in [-0.25, -0.2) is 9.13 Å². The second-order valence-corrected chi connectivity index (χ2v) is 40.3. The van der Waals surface area contributed by atoms with Crippen molar-refractivity contribution in [2.75, 3.05) is 93.6 Å². The fourth-order valence-corrected chi connectivity index (χ4v) is 20.1. The molecule has 16 aromatic rings. The summed E-state index contributed by atoms with van der Waals surface area (Å²) in [5.74, 6) is 2.42. The van der Waals surface area contributed by atoms with Crippen LogP contribution in [0.1, 0.15) is 133 Å². The first-order chi connectivity index (χ1) is 65.1. The van der Waals surface area contributed by atoms with Crippen LogP contribution in [0, 0.1) is 51.4 Å². The van der Waals surface area contributed by atoms with Gasteiger partial charge in [-0.05, 0) is 273 Å². The van der Waals surface area contributed by atoms with Crippen LogP contribution in [0.2, 0.25) is 0 Å². The Morgan fingerprint density at radius 2 is 0.559 bits per heavy atom. The monoisotopic (exact) mass is 1810 g/mol. The Balaban J connectivity index is 0.000000157. The quantitative estimate of drug-likeness (QED) is 0.0450. The van der Waals surface area contributed by atoms with E-state index in [4.69, 9.17) is 0 Å². The molecule has 0 amide bonds. The SMILES string of the molecule is Cc1c(-c2c3ccccc3cc[n+]2C)cc(N(C(C)C)C(C)C)cc1N(C(C)C)C(C)C.Cc1c(-c2c3ccccc3cc[n+]2C)cc(N(CC(C)C)CC(C)C)cc1N(CC(C)C)CC(C)C.Cc1c(-c2ccc3ccccc3[n+]2C)cc(N(C)C)cc1N(C)C.Cc1c(-c2ccc3ccccc3[n+]2C)cc(N(c2ccccc2)c2ccccc2)cc1N(c1ccccc1)c1ccccc1. The van der Waals surface area contributed by atoms with E-state index in [1.54, 1.807) is 0 Å². The highest BCUT2D eigenvalue weighted by molar-refractivity contribution is 5.98. The largest absolute Gasteiger partial charge is 0.378 e. The van der Waals surface area contributed by atoms with Gasteiger partial charge in [0.15, 0.2) is 12.4 Å². The van der Waals surface area contributed by atoms with Crippen LogP contribution in [0.15, 0.2) is 316 Å². The summed E-state index contributed by atoms with van der Waals surface area (Å²) in [6.07, 6.45) is 4.40. The highest BCUT2D eigenvalue weighted by Crippen LogP contribution is 2.48. The molecule has 12 nitrogen and oxygen atoms in total. The zero-order valence-corrected chi connectivity index (χ0v) is 86.8. The lowest BCUT2D eigenvalue weighted by Crippen LogP contribution is -2.39. The minimum Gasteiger partial charge on any atom is -0.378 e. The molecular formula is C124H152N12+4. The number of aryl methyl sites for hydroxylation is 4. The molecule has 4 heterocycles. The van der Waals surface area contributed by atoms with Gasteiger partial charge in [0.25, 0.3) is 0 Å². The molecule has 0 N–H and O–H groups in total. The summed E-state index contributed by atoms with van der Waals surface area (Å²) in [4.78, 5) is 19.4. The van der Waals surface area contributed by atoms with E-state index < -0.39 is 0 Å². The van der Waals surface area contributed by atoms with Crippen molar-refractivity contribution in [2.24, 2.45) is 51.9 Å². The maximum Gasteiger partial charge on any atom is 0.220 e. The number of hydrogen-bond acceptors (Lipinski definition) is 8. The third-order valence-electron chi connectivity index (χ3n) is 26.2. The van der Waals surface area contributed by atoms with Gasteiger partial charge in [0.2, 0.25) is 33.8 Å². The zero-order valence-electron chi connectivity index (χ0n) is 86.8. The van der Waals surface area contributed by atoms with Crippen molar-refractivity contribution in [3.63, 3.8) is 0 Å². The Morgan fingerprint density at radius 1 is 0.243 bits per heavy atom. The van der Waals surface area contributed by atoms with Crippen molar-refractivity contribution in [1.29, 1.82) is 0 Å². The fourth-order valence-electron chi connectivity index (χ4n) is 20.1. The van der Waals surface area contributed by atoms with Gasteiger partial charge in [-0.3, -0.25) is 0 Å². The molecule has 0 aliphatic rings. The van der Waals surface area contributed by atoms with E-state index >= 15 is 0 Å². The zero-order chi connectivity index (χ0) is 97.6. The number of aromatic nitrogens is 4. The van der Waals surface area contributed by atoms with E-state index in [0.717, 1.165) is 66.0 Å². The molecule has 12 aromatic carbocycles. The van der Waals surface area contributed by atoms with Gasteiger partial charge in [0.1, 0.15) is 28.2 Å². The van der Waals surface area contributed by atoms with Crippen molar-refractivity contribution in [3.8, 4) is 45.0 Å². The smallest absolute Gasteiger partial charge is 0.220 e. The summed E-state index contributed by atoms with van der Waals surface area (Å²) in [6, 6.07) is 111. The lowest BCUT2D eigenvalue weighted by molar-refractivity contribution is -0.659. The molecule has 0 fully saturated rings. The van der Waals surface area contributed by atoms with E-state index in [1.165, 1.54) is 139 Å². The van der Waals surface area contributed by atoms with E-state index in [2.05, 4.69) is 568 Å². The second-order valence-electron chi connectivity index (χ2n) is 40.3. The number of nitrogens with zero attached hydrogens (tertiary/aromatic N) is 12. The van der Waals surface area contributed by atoms with Crippen LogP contribution in [0.5, 0.6) is 0 Å². The molecule has 0 spiro atoms. The van der Waals surface area contributed by atoms with Gasteiger partial charge >= 0.3 is 0 Å². The maximum atomic E-state index is 2.64. The van der Waals surface area contributed by atoms with Gasteiger partial charge in [0, 0.05) is 188 Å². The Labute approximate surface area is 815 Å². The third-order valence-corrected chi connectivity index (χ3v) is 26.2. The summed E-state index contributed by atoms with van der Waals surface area (Å²) in [5, 5.41) is 7.66. The van der Waals surface area contributed by atoms with Crippen LogP contribution < -0.4 is 57.5 Å². The number of rotatable bonds is 28. The molecular weight excluding hydrogens is 1660 g/mol. The molecule has 0 saturated carbocycles. The van der Waals surface area contributed by atoms with Crippen molar-refractivity contribution >= 4 is 112 Å². The van der Waals surface area contributed by atoms with Crippen molar-refractivity contribution in [3.05, 3.63) is 338 Å². The fraction of sp³-hybridized carbons (Fsp3) is 0.323. The van der Waals surface area contributed by atoms with Crippen LogP contribution in [0.4, 0.5) is 68.2 Å². The molecule has 136 heavy (non-hydrogen) atoms. The molecule has 704 valence electrons. The van der Waals surface area contributed by atoms with E-state index in [0.29, 0.717) is 47.8 Å². The predicted molar refractivity (Wildman–Crippen MR) is 588 cm³/mol. The summed E-state index contributed by atoms with van der Waals surface area (Å²) < 4.78 is 9.19. The van der Waals surface area contributed by atoms with E-state index in [9.17, 15) is 0 Å². The molecule has 12 heteroatoms. The van der Waals surface area contributed by atoms with Crippen LogP contribution in [0.3, 0.4) is 0 Å². The Morgan fingerprint density at radius 3 is 0.956 bits per heavy atom. The number of para-hydroxylation sites is 6. The highest BCUT2D eigenvalue weighted by Gasteiger charge is 2.32. The minimum atomic E-state index is 0.421. The highest BCUT2D eigenvalue weighted by atomic mass is 15.2. The number of anilines is 12. The summed E-state index contributed by atoms with van der Waals surface area (Å²) in [6.45, 7) is 50.4. The molecule has 0 bridgehead atoms. The van der Waals surface area contributed by atoms with Crippen molar-refractivity contribution in [1.82, 2.24) is 0 Å². The van der Waals surface area contributed by atoms with Gasteiger partial charge < -0.3 is 39.2 Å². The number of benzene rings is 12. The number of hydrogen-bond donors (Lipinski definition) is 0. The lowest BCUT2D eigenvalue weighted by atomic mass is 9.95. The molecule has 4 aromatic heterocycles. The summed E-state index contributed by atoms with van der Waals surface area (Å²) in [5.41, 5.74) is 32.2. The standard InChI is InChI=1S/C41H34N3.C33H50N3.C29H42N3.C21H26N3/c1-31-38(40-28-27-32-17-15-16-26-39(32)42(40)2)29-37(43(33-18-7-3-8-19-33)34-20-9-4-10-21-34)30-41(31)44(35-22-11-5-12-23-35)36-24-13-6-14-25-36;1-23(2)19-35(20-24(3)4)29-17-31(33-30-14-12-11-13-28(30)15-16-34(33)10)27(9)32(18-29)36(21-25(5)6)22-26(7)8;1-19(2)31(20(3)4)25-17-27(23(9)28(18-25)32(21(5)6)22(7)8)29-26-14-12-11-13-24(26)15-16-30(29)10;1-15-18(13-17(22(2)3)14-21(15)23(4)5)20-12-11-16-9-7-8-10-19(16)24(20)6/h3-30H,1-2H3;11-18,23-26H,19-22H2,1-10H3;11-22H,1-10H3;7-14H,1-6H3/q4*+1. The van der Waals surface area contributed by atoms with Crippen molar-refractivity contribution < 1.29 is 18.3 Å². The van der Waals surface area contributed by atoms with Crippen LogP contribution in [-0.4, -0.2) is 78.5 Å². The van der Waals surface area contributed by atoms with Crippen molar-refractivity contribution in [2.45, 2.75) is 163 Å². The third kappa shape index (κ3) is 22.9. The average molecular weight is 1810 g/mol. The Hall–Kier alpha value is -13.3. The predicted octanol–water partition coefficient (Wildman–Crippen LogP) is 29.1. The van der Waals surface area contributed by atoms with Gasteiger partial charge in [-0.15, -0.1) is 0 Å². The summed E-state index contributed by atoms with van der Waals surface area (Å²) in [7, 11) is 17.1. The van der Waals surface area contributed by atoms with Gasteiger partial charge in [-0.2, -0.15) is 9.13 Å². The molecule has 0 aliphatic carbocycles. The first kappa shape index (κ1) is 100. The van der Waals surface area contributed by atoms with Gasteiger partial charge in [0.05, 0.1) is 38.7 Å². The number of pyridine rings is 4. The van der Waals surface area contributed by atoms with Gasteiger partial charge in [-0.1, -0.05) is 189 Å². The number of fused-ring (bicyclic) bond motifs is 4.